The van der Waals surface area contributed by atoms with Crippen molar-refractivity contribution >= 4 is 46.2 Å². The molecule has 0 radical (unpaired) electrons. The van der Waals surface area contributed by atoms with Gasteiger partial charge < -0.3 is 9.80 Å². The zero-order valence-electron chi connectivity index (χ0n) is 54.0. The van der Waals surface area contributed by atoms with E-state index in [0.29, 0.717) is 0 Å². The Bertz CT molecular complexity index is 4350. The Labute approximate surface area is 558 Å². The van der Waals surface area contributed by atoms with Gasteiger partial charge in [0.25, 0.3) is 0 Å². The van der Waals surface area contributed by atoms with Crippen LogP contribution in [0.1, 0.15) is 93.3 Å². The Balaban J connectivity index is 0.000000138. The summed E-state index contributed by atoms with van der Waals surface area (Å²) < 4.78 is 125. The predicted molar refractivity (Wildman–Crippen MR) is 368 cm³/mol. The maximum absolute atomic E-state index is 12.9. The van der Waals surface area contributed by atoms with Crippen molar-refractivity contribution in [2.24, 2.45) is 0 Å². The average Bonchev–Trinajstić information content (AvgIpc) is 1.61. The molecule has 0 aliphatic heterocycles. The number of anilines is 6. The van der Waals surface area contributed by atoms with Crippen molar-refractivity contribution in [3.05, 3.63) is 369 Å². The Morgan fingerprint density at radius 2 is 0.536 bits per heavy atom. The third-order valence-electron chi connectivity index (χ3n) is 16.2. The summed E-state index contributed by atoms with van der Waals surface area (Å²) in [5.41, 5.74) is 18.3. The molecule has 14 heteroatoms. The van der Waals surface area contributed by atoms with Gasteiger partial charge in [-0.2, -0.15) is 0 Å². The summed E-state index contributed by atoms with van der Waals surface area (Å²) in [5, 5.41) is 0. The molecule has 2 aliphatic rings. The van der Waals surface area contributed by atoms with Gasteiger partial charge in [-0.1, -0.05) is 232 Å². The highest BCUT2D eigenvalue weighted by Gasteiger charge is 2.35. The van der Waals surface area contributed by atoms with Crippen molar-refractivity contribution in [3.8, 4) is 22.3 Å². The van der Waals surface area contributed by atoms with Crippen molar-refractivity contribution < 1.29 is 53.5 Å². The number of hydrogen-bond acceptors (Lipinski definition) is 4. The van der Waals surface area contributed by atoms with Crippen LogP contribution in [0.5, 0.6) is 0 Å². The first kappa shape index (κ1) is 70.2. The summed E-state index contributed by atoms with van der Waals surface area (Å²) in [7, 11) is 0. The number of aldehydes is 1. The summed E-state index contributed by atoms with van der Waals surface area (Å²) in [6.45, 7) is 13.6. The number of para-hydroxylation sites is 3. The maximum atomic E-state index is 12.9. The van der Waals surface area contributed by atoms with Crippen LogP contribution in [-0.4, -0.2) is 12.1 Å². The summed E-state index contributed by atoms with van der Waals surface area (Å²) in [6.07, 6.45) is -0.434. The SMILES string of the molecule is CC(C)c1c(F)c(F)c(F)c(F)c1F.CC1(C)c2ccccc2-c2ccccc21.Cc1ccc(N(c2ccc(C)cc2)c2ccc(C)cc2)cc1.O=C1c2ccccc2-c2ccccc21.O=Cc1c(F)c(F)c(F)c(F)c1F.c1ccc(N(c2ccccc2)c2ccccc2)cc1. The minimum Gasteiger partial charge on any atom is -0.311 e. The van der Waals surface area contributed by atoms with E-state index in [-0.39, 0.29) is 11.2 Å². The first-order chi connectivity index (χ1) is 46.5. The molecule has 0 atom stereocenters. The minimum absolute atomic E-state index is 0.149. The number of carbonyl (C=O) groups is 2. The second-order valence-electron chi connectivity index (χ2n) is 23.6. The quantitative estimate of drug-likeness (QED) is 0.0658. The van der Waals surface area contributed by atoms with Crippen LogP contribution < -0.4 is 9.80 Å². The van der Waals surface area contributed by atoms with Crippen molar-refractivity contribution in [2.45, 2.75) is 59.8 Å². The number of benzene rings is 12. The van der Waals surface area contributed by atoms with Gasteiger partial charge in [0, 0.05) is 56.2 Å². The molecule has 0 amide bonds. The zero-order chi connectivity index (χ0) is 69.7. The van der Waals surface area contributed by atoms with Crippen LogP contribution in [0.4, 0.5) is 78.0 Å². The van der Waals surface area contributed by atoms with E-state index in [4.69, 9.17) is 0 Å². The summed E-state index contributed by atoms with van der Waals surface area (Å²) >= 11 is 0. The van der Waals surface area contributed by atoms with Crippen LogP contribution in [0.15, 0.2) is 261 Å². The summed E-state index contributed by atoms with van der Waals surface area (Å²) in [4.78, 5) is 26.4. The highest BCUT2D eigenvalue weighted by Crippen LogP contribution is 2.48. The Hall–Kier alpha value is -11.1. The van der Waals surface area contributed by atoms with E-state index in [1.54, 1.807) is 0 Å². The smallest absolute Gasteiger partial charge is 0.200 e. The number of halogens is 10. The third kappa shape index (κ3) is 15.7. The lowest BCUT2D eigenvalue weighted by Gasteiger charge is -2.25. The molecule has 0 saturated carbocycles. The summed E-state index contributed by atoms with van der Waals surface area (Å²) in [6, 6.07) is 90.2. The fourth-order valence-electron chi connectivity index (χ4n) is 11.2. The number of carbonyl (C=O) groups excluding carboxylic acids is 2. The van der Waals surface area contributed by atoms with Crippen LogP contribution in [0.3, 0.4) is 0 Å². The first-order valence-electron chi connectivity index (χ1n) is 30.9. The van der Waals surface area contributed by atoms with E-state index in [1.165, 1.54) is 86.9 Å². The molecular formula is C83H66F10N2O2. The Kier molecular flexibility index (Phi) is 22.7. The normalized spacial score (nSPS) is 11.6. The highest BCUT2D eigenvalue weighted by molar-refractivity contribution is 6.21. The van der Waals surface area contributed by atoms with Crippen LogP contribution >= 0.6 is 0 Å². The van der Waals surface area contributed by atoms with E-state index in [1.807, 2.05) is 66.7 Å². The minimum atomic E-state index is -2.28. The molecule has 0 unspecified atom stereocenters. The molecule has 0 heterocycles. The molecule has 0 fully saturated rings. The van der Waals surface area contributed by atoms with E-state index in [9.17, 15) is 53.5 Å². The number of rotatable bonds is 8. The highest BCUT2D eigenvalue weighted by atomic mass is 19.2. The van der Waals surface area contributed by atoms with Crippen LogP contribution in [0.25, 0.3) is 22.3 Å². The van der Waals surface area contributed by atoms with Gasteiger partial charge in [0.2, 0.25) is 11.6 Å². The largest absolute Gasteiger partial charge is 0.311 e. The molecular weight excluding hydrogens is 1250 g/mol. The van der Waals surface area contributed by atoms with Gasteiger partial charge in [-0.05, 0) is 133 Å². The lowest BCUT2D eigenvalue weighted by atomic mass is 9.82. The van der Waals surface area contributed by atoms with Crippen LogP contribution in [0, 0.1) is 78.9 Å². The fraction of sp³-hybridized carbons (Fsp3) is 0.108. The van der Waals surface area contributed by atoms with Gasteiger partial charge in [-0.25, -0.2) is 43.9 Å². The zero-order valence-corrected chi connectivity index (χ0v) is 54.0. The predicted octanol–water partition coefficient (Wildman–Crippen LogP) is 23.8. The molecule has 2 aliphatic carbocycles. The molecule has 0 bridgehead atoms. The van der Waals surface area contributed by atoms with Gasteiger partial charge in [-0.15, -0.1) is 0 Å². The lowest BCUT2D eigenvalue weighted by Crippen LogP contribution is -2.14. The second kappa shape index (κ2) is 31.4. The molecule has 490 valence electrons. The average molecular weight is 1310 g/mol. The molecule has 0 spiro atoms. The van der Waals surface area contributed by atoms with Gasteiger partial charge >= 0.3 is 0 Å². The molecule has 0 aromatic heterocycles. The van der Waals surface area contributed by atoms with Gasteiger partial charge in [0.1, 0.15) is 0 Å². The standard InChI is InChI=1S/C21H21N.C18H15N.C15H14.C13H8O.C9H7F5.C7HF5O/c1-16-4-10-19(11-5-16)22(20-12-6-17(2)7-13-20)21-14-8-18(3)9-15-21;1-4-10-16(11-5-1)19(17-12-6-2-7-13-17)18-14-8-3-9-15-18;1-15(2)13-9-5-3-7-11(13)12-8-4-6-10-14(12)15;14-13-11-7-3-1-5-9(11)10-6-2-4-8-12(10)13;1-3(2)4-5(10)7(12)9(14)8(13)6(4)11;8-3-2(1-13)4(9)6(11)7(12)5(3)10/h4-15H,1-3H3;1-15H;3-10H,1-2H3;1-8H;3H,1-2H3;1H. The number of aryl methyl sites for hydroxylation is 3. The molecule has 0 N–H and O–H groups in total. The molecule has 12 aromatic carbocycles. The molecule has 4 nitrogen and oxygen atoms in total. The molecule has 14 rings (SSSR count). The monoisotopic (exact) mass is 1310 g/mol. The van der Waals surface area contributed by atoms with Crippen molar-refractivity contribution in [2.75, 3.05) is 9.80 Å². The number of nitrogens with zero attached hydrogens (tertiary/aromatic N) is 2. The van der Waals surface area contributed by atoms with Crippen molar-refractivity contribution in [3.63, 3.8) is 0 Å². The second-order valence-corrected chi connectivity index (χ2v) is 23.6. The fourth-order valence-corrected chi connectivity index (χ4v) is 11.2. The van der Waals surface area contributed by atoms with E-state index >= 15 is 0 Å². The lowest BCUT2D eigenvalue weighted by molar-refractivity contribution is 0.104. The van der Waals surface area contributed by atoms with Crippen molar-refractivity contribution in [1.29, 1.82) is 0 Å². The van der Waals surface area contributed by atoms with Crippen LogP contribution in [-0.2, 0) is 5.41 Å². The number of hydrogen-bond donors (Lipinski definition) is 0. The number of fused-ring (bicyclic) bond motifs is 6. The number of ketones is 1. The van der Waals surface area contributed by atoms with Gasteiger partial charge in [0.05, 0.1) is 5.56 Å². The van der Waals surface area contributed by atoms with Crippen LogP contribution in [0.2, 0.25) is 0 Å². The molecule has 97 heavy (non-hydrogen) atoms. The topological polar surface area (TPSA) is 40.6 Å². The van der Waals surface area contributed by atoms with Gasteiger partial charge in [0.15, 0.2) is 58.6 Å². The molecule has 12 aromatic rings. The van der Waals surface area contributed by atoms with Crippen molar-refractivity contribution in [1.82, 2.24) is 0 Å². The third-order valence-corrected chi connectivity index (χ3v) is 16.2. The molecule has 0 saturated heterocycles. The first-order valence-corrected chi connectivity index (χ1v) is 30.9. The van der Waals surface area contributed by atoms with Gasteiger partial charge in [-0.3, -0.25) is 9.59 Å². The Morgan fingerprint density at radius 1 is 0.299 bits per heavy atom. The maximum Gasteiger partial charge on any atom is 0.200 e. The summed E-state index contributed by atoms with van der Waals surface area (Å²) in [5.74, 6) is -20.8. The van der Waals surface area contributed by atoms with E-state index in [2.05, 4.69) is 239 Å². The Morgan fingerprint density at radius 3 is 0.825 bits per heavy atom. The van der Waals surface area contributed by atoms with E-state index < -0.39 is 81.5 Å². The van der Waals surface area contributed by atoms with E-state index in [0.717, 1.165) is 22.3 Å².